The summed E-state index contributed by atoms with van der Waals surface area (Å²) in [5.41, 5.74) is -0.495. The third-order valence-electron chi connectivity index (χ3n) is 7.18. The van der Waals surface area contributed by atoms with E-state index >= 15 is 0 Å². The SMILES string of the molecule is C=CCC1(NS(=O)(=O)C=C)CCCN(C(=O)OC(C)(C)C)C1COC1CCC(OCc2ccccc2)CC1. The van der Waals surface area contributed by atoms with Crippen molar-refractivity contribution in [3.8, 4) is 0 Å². The number of carbonyl (C=O) groups excluding carboxylic acids is 1. The first kappa shape index (κ1) is 30.3. The molecule has 8 nitrogen and oxygen atoms in total. The van der Waals surface area contributed by atoms with Crippen LogP contribution in [0.25, 0.3) is 0 Å². The molecule has 1 N–H and O–H groups in total. The standard InChI is InChI=1S/C29H44N2O6S/c1-6-18-29(30-38(33,34)7-2)19-11-20-31(27(32)37-28(3,4)5)26(29)22-36-25-16-14-24(15-17-25)35-21-23-12-9-8-10-13-23/h6-10,12-13,24-26,30H,1-2,11,14-22H2,3-5H3. The van der Waals surface area contributed by atoms with E-state index in [1.54, 1.807) is 11.0 Å². The van der Waals surface area contributed by atoms with Gasteiger partial charge in [0.15, 0.2) is 0 Å². The summed E-state index contributed by atoms with van der Waals surface area (Å²) in [6.45, 7) is 14.0. The lowest BCUT2D eigenvalue weighted by atomic mass is 9.79. The molecule has 1 aliphatic carbocycles. The Morgan fingerprint density at radius 2 is 1.74 bits per heavy atom. The topological polar surface area (TPSA) is 94.2 Å². The van der Waals surface area contributed by atoms with Gasteiger partial charge in [-0.15, -0.1) is 6.58 Å². The zero-order valence-electron chi connectivity index (χ0n) is 23.1. The lowest BCUT2D eigenvalue weighted by Gasteiger charge is -2.49. The minimum absolute atomic E-state index is 0.00595. The fourth-order valence-electron chi connectivity index (χ4n) is 5.34. The maximum Gasteiger partial charge on any atom is 0.410 e. The number of nitrogens with one attached hydrogen (secondary N) is 1. The van der Waals surface area contributed by atoms with E-state index in [2.05, 4.69) is 30.0 Å². The quantitative estimate of drug-likeness (QED) is 0.377. The Bertz CT molecular complexity index is 1030. The van der Waals surface area contributed by atoms with Gasteiger partial charge >= 0.3 is 6.09 Å². The monoisotopic (exact) mass is 548 g/mol. The van der Waals surface area contributed by atoms with Crippen molar-refractivity contribution in [2.45, 2.75) is 102 Å². The van der Waals surface area contributed by atoms with E-state index in [-0.39, 0.29) is 18.8 Å². The van der Waals surface area contributed by atoms with Crippen LogP contribution in [0.2, 0.25) is 0 Å². The van der Waals surface area contributed by atoms with Crippen LogP contribution in [0.4, 0.5) is 4.79 Å². The zero-order valence-corrected chi connectivity index (χ0v) is 23.9. The lowest BCUT2D eigenvalue weighted by molar-refractivity contribution is -0.0714. The summed E-state index contributed by atoms with van der Waals surface area (Å²) < 4.78 is 46.3. The molecule has 1 aromatic carbocycles. The van der Waals surface area contributed by atoms with E-state index in [1.807, 2.05) is 39.0 Å². The van der Waals surface area contributed by atoms with Gasteiger partial charge in [0.2, 0.25) is 10.0 Å². The molecular formula is C29H44N2O6S. The van der Waals surface area contributed by atoms with Crippen LogP contribution in [0.1, 0.15) is 71.3 Å². The number of nitrogens with zero attached hydrogens (tertiary/aromatic N) is 1. The fourth-order valence-corrected chi connectivity index (χ4v) is 6.31. The number of benzene rings is 1. The van der Waals surface area contributed by atoms with Crippen LogP contribution < -0.4 is 4.72 Å². The van der Waals surface area contributed by atoms with Crippen molar-refractivity contribution in [3.05, 3.63) is 60.5 Å². The van der Waals surface area contributed by atoms with Crippen LogP contribution >= 0.6 is 0 Å². The summed E-state index contributed by atoms with van der Waals surface area (Å²) in [6.07, 6.45) is 6.35. The summed E-state index contributed by atoms with van der Waals surface area (Å²) in [5, 5.41) is 0.902. The molecule has 0 spiro atoms. The van der Waals surface area contributed by atoms with Crippen molar-refractivity contribution in [1.29, 1.82) is 0 Å². The van der Waals surface area contributed by atoms with Crippen LogP contribution in [0.5, 0.6) is 0 Å². The van der Waals surface area contributed by atoms with Crippen molar-refractivity contribution >= 4 is 16.1 Å². The molecule has 2 aliphatic rings. The molecule has 1 saturated heterocycles. The molecule has 38 heavy (non-hydrogen) atoms. The average molecular weight is 549 g/mol. The Labute approximate surface area is 228 Å². The summed E-state index contributed by atoms with van der Waals surface area (Å²) >= 11 is 0. The number of hydrogen-bond acceptors (Lipinski definition) is 6. The van der Waals surface area contributed by atoms with Crippen molar-refractivity contribution in [2.75, 3.05) is 13.2 Å². The molecule has 2 atom stereocenters. The van der Waals surface area contributed by atoms with Gasteiger partial charge in [0.25, 0.3) is 0 Å². The van der Waals surface area contributed by atoms with Crippen molar-refractivity contribution in [1.82, 2.24) is 9.62 Å². The van der Waals surface area contributed by atoms with E-state index < -0.39 is 33.3 Å². The Kier molecular flexibility index (Phi) is 10.6. The Morgan fingerprint density at radius 1 is 1.11 bits per heavy atom. The van der Waals surface area contributed by atoms with Crippen LogP contribution in [0.15, 0.2) is 55.0 Å². The number of hydrogen-bond donors (Lipinski definition) is 1. The largest absolute Gasteiger partial charge is 0.444 e. The molecule has 0 radical (unpaired) electrons. The number of likely N-dealkylation sites (tertiary alicyclic amines) is 1. The van der Waals surface area contributed by atoms with Gasteiger partial charge in [-0.05, 0) is 71.3 Å². The molecule has 1 saturated carbocycles. The molecule has 0 aromatic heterocycles. The average Bonchev–Trinajstić information content (AvgIpc) is 2.87. The molecule has 3 rings (SSSR count). The van der Waals surface area contributed by atoms with Gasteiger partial charge in [-0.25, -0.2) is 17.9 Å². The van der Waals surface area contributed by atoms with Gasteiger partial charge in [-0.1, -0.05) is 43.0 Å². The molecule has 0 bridgehead atoms. The minimum Gasteiger partial charge on any atom is -0.444 e. The predicted octanol–water partition coefficient (Wildman–Crippen LogP) is 5.31. The molecule has 2 unspecified atom stereocenters. The maximum absolute atomic E-state index is 13.2. The van der Waals surface area contributed by atoms with Crippen LogP contribution in [0.3, 0.4) is 0 Å². The van der Waals surface area contributed by atoms with E-state index in [4.69, 9.17) is 14.2 Å². The summed E-state index contributed by atoms with van der Waals surface area (Å²) in [6, 6.07) is 9.57. The minimum atomic E-state index is -3.78. The molecule has 9 heteroatoms. The second-order valence-electron chi connectivity index (χ2n) is 11.3. The van der Waals surface area contributed by atoms with Gasteiger partial charge in [0, 0.05) is 12.0 Å². The predicted molar refractivity (Wildman–Crippen MR) is 149 cm³/mol. The second-order valence-corrected chi connectivity index (χ2v) is 12.9. The Morgan fingerprint density at radius 3 is 2.32 bits per heavy atom. The number of ether oxygens (including phenoxy) is 3. The summed E-state index contributed by atoms with van der Waals surface area (Å²) in [7, 11) is -3.78. The number of rotatable bonds is 11. The first-order valence-corrected chi connectivity index (χ1v) is 15.1. The number of carbonyl (C=O) groups is 1. The highest BCUT2D eigenvalue weighted by Gasteiger charge is 2.49. The van der Waals surface area contributed by atoms with Crippen molar-refractivity contribution in [2.24, 2.45) is 0 Å². The highest BCUT2D eigenvalue weighted by atomic mass is 32.2. The highest BCUT2D eigenvalue weighted by Crippen LogP contribution is 2.35. The first-order chi connectivity index (χ1) is 18.0. The number of sulfonamides is 1. The molecular weight excluding hydrogens is 504 g/mol. The van der Waals surface area contributed by atoms with E-state index in [0.717, 1.165) is 36.7 Å². The highest BCUT2D eigenvalue weighted by molar-refractivity contribution is 7.92. The normalized spacial score (nSPS) is 26.5. The first-order valence-electron chi connectivity index (χ1n) is 13.5. The number of amides is 1. The van der Waals surface area contributed by atoms with E-state index in [1.165, 1.54) is 0 Å². The summed E-state index contributed by atoms with van der Waals surface area (Å²) in [5.74, 6) is 0. The maximum atomic E-state index is 13.2. The number of piperidine rings is 1. The molecule has 2 fully saturated rings. The Balaban J connectivity index is 1.70. The molecule has 1 aromatic rings. The van der Waals surface area contributed by atoms with Crippen LogP contribution in [-0.2, 0) is 30.8 Å². The van der Waals surface area contributed by atoms with E-state index in [9.17, 15) is 13.2 Å². The van der Waals surface area contributed by atoms with Crippen molar-refractivity contribution < 1.29 is 27.4 Å². The van der Waals surface area contributed by atoms with Gasteiger partial charge in [-0.3, -0.25) is 0 Å². The van der Waals surface area contributed by atoms with Gasteiger partial charge in [0.05, 0.1) is 37.0 Å². The third-order valence-corrected chi connectivity index (χ3v) is 8.31. The van der Waals surface area contributed by atoms with Crippen molar-refractivity contribution in [3.63, 3.8) is 0 Å². The second kappa shape index (κ2) is 13.2. The molecule has 1 amide bonds. The molecule has 212 valence electrons. The molecule has 1 aliphatic heterocycles. The van der Waals surface area contributed by atoms with E-state index in [0.29, 0.717) is 32.4 Å². The summed E-state index contributed by atoms with van der Waals surface area (Å²) in [4.78, 5) is 14.9. The fraction of sp³-hybridized carbons (Fsp3) is 0.621. The van der Waals surface area contributed by atoms with Gasteiger partial charge in [-0.2, -0.15) is 0 Å². The molecule has 1 heterocycles. The smallest absolute Gasteiger partial charge is 0.410 e. The lowest BCUT2D eigenvalue weighted by Crippen LogP contribution is -2.67. The van der Waals surface area contributed by atoms with Gasteiger partial charge in [0.1, 0.15) is 5.60 Å². The van der Waals surface area contributed by atoms with Crippen LogP contribution in [0, 0.1) is 0 Å². The van der Waals surface area contributed by atoms with Crippen LogP contribution in [-0.4, -0.2) is 62.0 Å². The van der Waals surface area contributed by atoms with Gasteiger partial charge < -0.3 is 19.1 Å². The zero-order chi connectivity index (χ0) is 27.8. The Hall–Kier alpha value is -2.20. The third kappa shape index (κ3) is 8.66.